The summed E-state index contributed by atoms with van der Waals surface area (Å²) in [7, 11) is 0. The van der Waals surface area contributed by atoms with Gasteiger partial charge in [0, 0.05) is 11.9 Å². The van der Waals surface area contributed by atoms with Gasteiger partial charge in [-0.1, -0.05) is 29.8 Å². The first-order valence-corrected chi connectivity index (χ1v) is 8.03. The molecule has 1 aromatic carbocycles. The van der Waals surface area contributed by atoms with Gasteiger partial charge in [0.2, 0.25) is 0 Å². The molecule has 3 rings (SSSR count). The van der Waals surface area contributed by atoms with Crippen LogP contribution in [0.5, 0.6) is 0 Å². The fraction of sp³-hybridized carbons (Fsp3) is 0.0588. The van der Waals surface area contributed by atoms with Gasteiger partial charge in [0.05, 0.1) is 10.6 Å². The highest BCUT2D eigenvalue weighted by molar-refractivity contribution is 6.32. The molecule has 0 spiro atoms. The van der Waals surface area contributed by atoms with Crippen LogP contribution in [0, 0.1) is 0 Å². The molecule has 0 radical (unpaired) electrons. The molecule has 0 atom stereocenters. The molecule has 3 aromatic rings. The van der Waals surface area contributed by atoms with Crippen molar-refractivity contribution in [2.75, 3.05) is 5.32 Å². The van der Waals surface area contributed by atoms with Crippen molar-refractivity contribution in [1.29, 1.82) is 0 Å². The third kappa shape index (κ3) is 4.65. The number of rotatable bonds is 4. The fourth-order valence-corrected chi connectivity index (χ4v) is 2.43. The molecule has 0 aliphatic rings. The van der Waals surface area contributed by atoms with E-state index in [-0.39, 0.29) is 16.7 Å². The first-order chi connectivity index (χ1) is 13.2. The van der Waals surface area contributed by atoms with Gasteiger partial charge in [0.1, 0.15) is 6.33 Å². The largest absolute Gasteiger partial charge is 0.465 e. The quantitative estimate of drug-likeness (QED) is 0.657. The van der Waals surface area contributed by atoms with Crippen LogP contribution in [0.2, 0.25) is 5.02 Å². The Balaban J connectivity index is 1.75. The minimum Gasteiger partial charge on any atom is -0.465 e. The van der Waals surface area contributed by atoms with Crippen LogP contribution < -0.4 is 5.32 Å². The topological polar surface area (TPSA) is 92.9 Å². The van der Waals surface area contributed by atoms with Crippen molar-refractivity contribution in [3.05, 3.63) is 64.8 Å². The van der Waals surface area contributed by atoms with E-state index >= 15 is 0 Å². The van der Waals surface area contributed by atoms with E-state index < -0.39 is 17.8 Å². The number of aromatic nitrogens is 4. The Morgan fingerprint density at radius 2 is 1.89 bits per heavy atom. The third-order valence-corrected chi connectivity index (χ3v) is 3.74. The Morgan fingerprint density at radius 3 is 2.50 bits per heavy atom. The van der Waals surface area contributed by atoms with Crippen LogP contribution in [0.4, 0.5) is 23.7 Å². The average Bonchev–Trinajstić information content (AvgIpc) is 3.08. The van der Waals surface area contributed by atoms with Crippen LogP contribution >= 0.6 is 11.6 Å². The van der Waals surface area contributed by atoms with Gasteiger partial charge < -0.3 is 5.11 Å². The first kappa shape index (κ1) is 19.4. The molecule has 0 aliphatic carbocycles. The molecule has 0 saturated heterocycles. The Kier molecular flexibility index (Phi) is 5.32. The Hall–Kier alpha value is -3.40. The van der Waals surface area contributed by atoms with Crippen molar-refractivity contribution in [1.82, 2.24) is 19.7 Å². The van der Waals surface area contributed by atoms with E-state index in [4.69, 9.17) is 16.7 Å². The molecule has 144 valence electrons. The first-order valence-electron chi connectivity index (χ1n) is 7.65. The summed E-state index contributed by atoms with van der Waals surface area (Å²) in [5.74, 6) is 0.302. The number of halogens is 4. The summed E-state index contributed by atoms with van der Waals surface area (Å²) in [6.07, 6.45) is -0.485. The summed E-state index contributed by atoms with van der Waals surface area (Å²) < 4.78 is 39.2. The Bertz CT molecular complexity index is 1030. The number of hydrogen-bond acceptors (Lipinski definition) is 4. The second kappa shape index (κ2) is 7.69. The van der Waals surface area contributed by atoms with Gasteiger partial charge in [0.25, 0.3) is 0 Å². The number of hydrogen-bond donors (Lipinski definition) is 2. The van der Waals surface area contributed by atoms with Gasteiger partial charge in [-0.15, -0.1) is 5.10 Å². The molecule has 2 aromatic heterocycles. The van der Waals surface area contributed by atoms with E-state index in [1.54, 1.807) is 36.4 Å². The second-order valence-corrected chi connectivity index (χ2v) is 5.87. The molecule has 28 heavy (non-hydrogen) atoms. The lowest BCUT2D eigenvalue weighted by molar-refractivity contribution is -0.137. The highest BCUT2D eigenvalue weighted by atomic mass is 35.5. The van der Waals surface area contributed by atoms with E-state index in [2.05, 4.69) is 20.4 Å². The number of anilines is 1. The Labute approximate surface area is 161 Å². The lowest BCUT2D eigenvalue weighted by Crippen LogP contribution is -2.08. The van der Waals surface area contributed by atoms with Crippen LogP contribution in [-0.4, -0.2) is 30.9 Å². The van der Waals surface area contributed by atoms with Crippen molar-refractivity contribution in [2.45, 2.75) is 6.18 Å². The highest BCUT2D eigenvalue weighted by Gasteiger charge is 2.31. The number of nitrogens with zero attached hydrogens (tertiary/aromatic N) is 4. The molecule has 11 heteroatoms. The number of amides is 1. The van der Waals surface area contributed by atoms with Crippen molar-refractivity contribution in [3.63, 3.8) is 0 Å². The molecule has 2 heterocycles. The summed E-state index contributed by atoms with van der Waals surface area (Å²) in [4.78, 5) is 18.3. The standard InChI is InChI=1S/C17H11ClF3N5O2/c18-13-7-11(17(19,20)21)8-22-15(13)26-9-23-14(25-26)6-3-10-1-4-12(5-2-10)24-16(27)28/h1-9,24H,(H,27,28). The van der Waals surface area contributed by atoms with E-state index in [1.165, 1.54) is 11.0 Å². The zero-order chi connectivity index (χ0) is 20.3. The lowest BCUT2D eigenvalue weighted by Gasteiger charge is -2.08. The summed E-state index contributed by atoms with van der Waals surface area (Å²) in [5.41, 5.74) is 0.232. The smallest absolute Gasteiger partial charge is 0.417 e. The minimum absolute atomic E-state index is 0.0194. The maximum atomic E-state index is 12.7. The van der Waals surface area contributed by atoms with E-state index in [1.807, 2.05) is 0 Å². The monoisotopic (exact) mass is 409 g/mol. The fourth-order valence-electron chi connectivity index (χ4n) is 2.18. The predicted molar refractivity (Wildman–Crippen MR) is 96.2 cm³/mol. The van der Waals surface area contributed by atoms with Gasteiger partial charge in [-0.3, -0.25) is 5.32 Å². The summed E-state index contributed by atoms with van der Waals surface area (Å²) in [6.45, 7) is 0. The van der Waals surface area contributed by atoms with Crippen LogP contribution in [-0.2, 0) is 6.18 Å². The van der Waals surface area contributed by atoms with Crippen LogP contribution in [0.25, 0.3) is 18.0 Å². The third-order valence-electron chi connectivity index (χ3n) is 3.46. The number of nitrogens with one attached hydrogen (secondary N) is 1. The summed E-state index contributed by atoms with van der Waals surface area (Å²) in [6, 6.07) is 7.32. The zero-order valence-corrected chi connectivity index (χ0v) is 14.6. The minimum atomic E-state index is -4.54. The second-order valence-electron chi connectivity index (χ2n) is 5.46. The lowest BCUT2D eigenvalue weighted by atomic mass is 10.2. The number of carboxylic acid groups (broad SMARTS) is 1. The van der Waals surface area contributed by atoms with Crippen LogP contribution in [0.1, 0.15) is 17.0 Å². The molecule has 0 saturated carbocycles. The van der Waals surface area contributed by atoms with Crippen molar-refractivity contribution >= 4 is 35.5 Å². The average molecular weight is 410 g/mol. The molecule has 1 amide bonds. The summed E-state index contributed by atoms with van der Waals surface area (Å²) in [5, 5.41) is 14.8. The van der Waals surface area contributed by atoms with E-state index in [0.29, 0.717) is 11.9 Å². The molecule has 0 aliphatic heterocycles. The molecule has 0 unspecified atom stereocenters. The van der Waals surface area contributed by atoms with Gasteiger partial charge in [-0.2, -0.15) is 13.2 Å². The van der Waals surface area contributed by atoms with E-state index in [9.17, 15) is 18.0 Å². The van der Waals surface area contributed by atoms with Gasteiger partial charge in [0.15, 0.2) is 11.6 Å². The van der Waals surface area contributed by atoms with E-state index in [0.717, 1.165) is 11.6 Å². The molecule has 7 nitrogen and oxygen atoms in total. The van der Waals surface area contributed by atoms with Crippen molar-refractivity contribution < 1.29 is 23.1 Å². The summed E-state index contributed by atoms with van der Waals surface area (Å²) >= 11 is 5.89. The molecular weight excluding hydrogens is 399 g/mol. The molecule has 0 bridgehead atoms. The van der Waals surface area contributed by atoms with Gasteiger partial charge in [-0.25, -0.2) is 19.4 Å². The molecular formula is C17H11ClF3N5O2. The zero-order valence-electron chi connectivity index (χ0n) is 13.9. The van der Waals surface area contributed by atoms with Crippen LogP contribution in [0.15, 0.2) is 42.9 Å². The molecule has 2 N–H and O–H groups in total. The number of alkyl halides is 3. The SMILES string of the molecule is O=C(O)Nc1ccc(C=Cc2ncn(-c3ncc(C(F)(F)F)cc3Cl)n2)cc1. The van der Waals surface area contributed by atoms with Gasteiger partial charge in [-0.05, 0) is 29.8 Å². The Morgan fingerprint density at radius 1 is 1.18 bits per heavy atom. The predicted octanol–water partition coefficient (Wildman–Crippen LogP) is 4.59. The number of carbonyl (C=O) groups is 1. The highest BCUT2D eigenvalue weighted by Crippen LogP contribution is 2.31. The normalized spacial score (nSPS) is 11.7. The van der Waals surface area contributed by atoms with Crippen molar-refractivity contribution in [3.8, 4) is 5.82 Å². The number of pyridine rings is 1. The maximum absolute atomic E-state index is 12.7. The van der Waals surface area contributed by atoms with Crippen molar-refractivity contribution in [2.24, 2.45) is 0 Å². The van der Waals surface area contributed by atoms with Gasteiger partial charge >= 0.3 is 12.3 Å². The maximum Gasteiger partial charge on any atom is 0.417 e. The number of benzene rings is 1. The van der Waals surface area contributed by atoms with Crippen LogP contribution in [0.3, 0.4) is 0 Å². The molecule has 0 fully saturated rings.